The highest BCUT2D eigenvalue weighted by atomic mass is 32.2. The predicted molar refractivity (Wildman–Crippen MR) is 144 cm³/mol. The Morgan fingerprint density at radius 1 is 1.03 bits per heavy atom. The first-order chi connectivity index (χ1) is 18.2. The van der Waals surface area contributed by atoms with Gasteiger partial charge in [-0.3, -0.25) is 4.79 Å². The molecule has 0 heterocycles. The van der Waals surface area contributed by atoms with Gasteiger partial charge in [-0.15, -0.1) is 0 Å². The number of aromatic hydroxyl groups is 2. The van der Waals surface area contributed by atoms with Crippen LogP contribution < -0.4 is 4.72 Å². The zero-order valence-corrected chi connectivity index (χ0v) is 22.6. The number of nitrogens with one attached hydrogen (secondary N) is 1. The Labute approximate surface area is 225 Å². The van der Waals surface area contributed by atoms with E-state index >= 15 is 0 Å². The fourth-order valence-electron chi connectivity index (χ4n) is 4.29. The van der Waals surface area contributed by atoms with Crippen LogP contribution in [0.5, 0.6) is 11.5 Å². The lowest BCUT2D eigenvalue weighted by molar-refractivity contribution is -0.137. The molecule has 0 saturated heterocycles. The molecule has 3 aromatic carbocycles. The summed E-state index contributed by atoms with van der Waals surface area (Å²) in [4.78, 5) is 12.2. The summed E-state index contributed by atoms with van der Waals surface area (Å²) in [6.07, 6.45) is -2.32. The first kappa shape index (κ1) is 29.8. The second kappa shape index (κ2) is 11.5. The standard InChI is InChI=1S/C29H30F3NO5S/c1-5-6-7-8-20-16-24(34)25(23-15-18(4)9-14-22(23)17(2)3)26(35)27(20)39(37,38)33-28(36)19-10-12-21(13-11-19)29(30,31)32/h9-16,34-35H,2,5-8H2,1,3-4H3,(H,33,36). The van der Waals surface area contributed by atoms with E-state index in [1.54, 1.807) is 26.0 Å². The minimum absolute atomic E-state index is 0.0967. The number of phenolic OH excluding ortho intramolecular Hbond substituents is 2. The number of benzene rings is 3. The summed E-state index contributed by atoms with van der Waals surface area (Å²) >= 11 is 0. The van der Waals surface area contributed by atoms with Crippen molar-refractivity contribution in [3.05, 3.63) is 82.9 Å². The van der Waals surface area contributed by atoms with Crippen LogP contribution in [0.2, 0.25) is 0 Å². The number of rotatable bonds is 9. The summed E-state index contributed by atoms with van der Waals surface area (Å²) < 4.78 is 67.6. The Balaban J connectivity index is 2.16. The number of hydrogen-bond donors (Lipinski definition) is 3. The van der Waals surface area contributed by atoms with Gasteiger partial charge in [0, 0.05) is 5.56 Å². The molecule has 3 aromatic rings. The van der Waals surface area contributed by atoms with Crippen LogP contribution in [0.25, 0.3) is 16.7 Å². The van der Waals surface area contributed by atoms with Crippen molar-refractivity contribution in [2.75, 3.05) is 0 Å². The van der Waals surface area contributed by atoms with E-state index < -0.39 is 38.3 Å². The second-order valence-electron chi connectivity index (χ2n) is 9.40. The molecule has 0 aromatic heterocycles. The molecule has 0 aliphatic carbocycles. The van der Waals surface area contributed by atoms with Gasteiger partial charge in [-0.2, -0.15) is 13.2 Å². The molecule has 10 heteroatoms. The number of amides is 1. The third kappa shape index (κ3) is 6.62. The van der Waals surface area contributed by atoms with E-state index in [0.29, 0.717) is 35.3 Å². The van der Waals surface area contributed by atoms with Crippen molar-refractivity contribution in [1.29, 1.82) is 0 Å². The molecular weight excluding hydrogens is 531 g/mol. The molecule has 0 atom stereocenters. The number of hydrogen-bond acceptors (Lipinski definition) is 5. The Kier molecular flexibility index (Phi) is 8.80. The fraction of sp³-hybridized carbons (Fsp3) is 0.276. The molecule has 208 valence electrons. The number of alkyl halides is 3. The van der Waals surface area contributed by atoms with Gasteiger partial charge in [-0.05, 0) is 73.7 Å². The first-order valence-electron chi connectivity index (χ1n) is 12.3. The molecular formula is C29H30F3NO5S. The summed E-state index contributed by atoms with van der Waals surface area (Å²) in [5.74, 6) is -2.27. The third-order valence-corrected chi connectivity index (χ3v) is 7.68. The van der Waals surface area contributed by atoms with Gasteiger partial charge in [-0.1, -0.05) is 55.7 Å². The van der Waals surface area contributed by atoms with E-state index in [2.05, 4.69) is 6.58 Å². The molecule has 3 N–H and O–H groups in total. The smallest absolute Gasteiger partial charge is 0.416 e. The number of phenols is 2. The summed E-state index contributed by atoms with van der Waals surface area (Å²) in [6.45, 7) is 9.40. The Bertz CT molecular complexity index is 1510. The maximum absolute atomic E-state index is 13.5. The number of carbonyl (C=O) groups excluding carboxylic acids is 1. The Morgan fingerprint density at radius 2 is 1.67 bits per heavy atom. The maximum atomic E-state index is 13.5. The van der Waals surface area contributed by atoms with Gasteiger partial charge in [0.1, 0.15) is 16.4 Å². The van der Waals surface area contributed by atoms with Gasteiger partial charge >= 0.3 is 6.18 Å². The van der Waals surface area contributed by atoms with Crippen LogP contribution in [0.1, 0.15) is 65.7 Å². The Hall–Kier alpha value is -3.79. The highest BCUT2D eigenvalue weighted by molar-refractivity contribution is 7.90. The number of carbonyl (C=O) groups is 1. The van der Waals surface area contributed by atoms with Crippen molar-refractivity contribution in [3.8, 4) is 22.6 Å². The molecule has 0 saturated carbocycles. The van der Waals surface area contributed by atoms with E-state index in [1.165, 1.54) is 6.07 Å². The van der Waals surface area contributed by atoms with Crippen molar-refractivity contribution in [2.24, 2.45) is 0 Å². The van der Waals surface area contributed by atoms with Crippen molar-refractivity contribution < 1.29 is 36.6 Å². The number of allylic oxidation sites excluding steroid dienone is 1. The molecule has 0 bridgehead atoms. The fourth-order valence-corrected chi connectivity index (χ4v) is 5.61. The van der Waals surface area contributed by atoms with Crippen molar-refractivity contribution in [3.63, 3.8) is 0 Å². The average Bonchev–Trinajstić information content (AvgIpc) is 2.83. The van der Waals surface area contributed by atoms with Gasteiger partial charge < -0.3 is 10.2 Å². The maximum Gasteiger partial charge on any atom is 0.416 e. The van der Waals surface area contributed by atoms with Crippen LogP contribution in [-0.4, -0.2) is 24.5 Å². The normalized spacial score (nSPS) is 11.8. The number of halogens is 3. The minimum atomic E-state index is -4.74. The third-order valence-electron chi connectivity index (χ3n) is 6.23. The molecule has 0 aliphatic heterocycles. The highest BCUT2D eigenvalue weighted by Gasteiger charge is 2.32. The van der Waals surface area contributed by atoms with Crippen molar-refractivity contribution in [2.45, 2.75) is 57.5 Å². The van der Waals surface area contributed by atoms with Crippen LogP contribution in [0, 0.1) is 6.92 Å². The lowest BCUT2D eigenvalue weighted by atomic mass is 9.91. The lowest BCUT2D eigenvalue weighted by Crippen LogP contribution is -2.31. The molecule has 6 nitrogen and oxygen atoms in total. The zero-order valence-electron chi connectivity index (χ0n) is 21.8. The van der Waals surface area contributed by atoms with Crippen molar-refractivity contribution >= 4 is 21.5 Å². The highest BCUT2D eigenvalue weighted by Crippen LogP contribution is 2.46. The molecule has 39 heavy (non-hydrogen) atoms. The molecule has 3 rings (SSSR count). The topological polar surface area (TPSA) is 104 Å². The molecule has 0 fully saturated rings. The van der Waals surface area contributed by atoms with Crippen LogP contribution >= 0.6 is 0 Å². The van der Waals surface area contributed by atoms with Gasteiger partial charge in [-0.25, -0.2) is 13.1 Å². The van der Waals surface area contributed by atoms with Crippen LogP contribution in [0.4, 0.5) is 13.2 Å². The summed E-state index contributed by atoms with van der Waals surface area (Å²) in [5, 5.41) is 22.3. The minimum Gasteiger partial charge on any atom is -0.507 e. The number of unbranched alkanes of at least 4 members (excludes halogenated alkanes) is 2. The lowest BCUT2D eigenvalue weighted by Gasteiger charge is -2.19. The summed E-state index contributed by atoms with van der Waals surface area (Å²) in [5.41, 5.74) is 0.952. The van der Waals surface area contributed by atoms with Gasteiger partial charge in [0.05, 0.1) is 11.1 Å². The number of sulfonamides is 1. The zero-order chi connectivity index (χ0) is 29.1. The van der Waals surface area contributed by atoms with Crippen LogP contribution in [0.3, 0.4) is 0 Å². The van der Waals surface area contributed by atoms with Crippen LogP contribution in [-0.2, 0) is 22.6 Å². The quantitative estimate of drug-likeness (QED) is 0.245. The van der Waals surface area contributed by atoms with E-state index in [0.717, 1.165) is 30.5 Å². The first-order valence-corrected chi connectivity index (χ1v) is 13.7. The predicted octanol–water partition coefficient (Wildman–Crippen LogP) is 6.98. The van der Waals surface area contributed by atoms with Gasteiger partial charge in [0.2, 0.25) is 0 Å². The SMILES string of the molecule is C=C(C)c1ccc(C)cc1-c1c(O)cc(CCCCC)c(S(=O)(=O)NC(=O)c2ccc(C(F)(F)F)cc2)c1O. The van der Waals surface area contributed by atoms with Crippen LogP contribution in [0.15, 0.2) is 60.0 Å². The summed E-state index contributed by atoms with van der Waals surface area (Å²) in [6, 6.07) is 9.55. The summed E-state index contributed by atoms with van der Waals surface area (Å²) in [7, 11) is -4.74. The van der Waals surface area contributed by atoms with Crippen molar-refractivity contribution in [1.82, 2.24) is 4.72 Å². The largest absolute Gasteiger partial charge is 0.507 e. The number of aryl methyl sites for hydroxylation is 2. The average molecular weight is 562 g/mol. The van der Waals surface area contributed by atoms with E-state index in [9.17, 15) is 36.6 Å². The van der Waals surface area contributed by atoms with E-state index in [4.69, 9.17) is 0 Å². The van der Waals surface area contributed by atoms with E-state index in [1.807, 2.05) is 17.7 Å². The second-order valence-corrected chi connectivity index (χ2v) is 11.0. The van der Waals surface area contributed by atoms with E-state index in [-0.39, 0.29) is 28.9 Å². The molecule has 1 amide bonds. The molecule has 0 radical (unpaired) electrons. The molecule has 0 unspecified atom stereocenters. The molecule has 0 aliphatic rings. The molecule has 0 spiro atoms. The Morgan fingerprint density at radius 3 is 2.23 bits per heavy atom. The van der Waals surface area contributed by atoms with Gasteiger partial charge in [0.25, 0.3) is 15.9 Å². The monoisotopic (exact) mass is 561 g/mol. The van der Waals surface area contributed by atoms with Gasteiger partial charge in [0.15, 0.2) is 0 Å².